The Balaban J connectivity index is 0. The third kappa shape index (κ3) is 9.52. The zero-order chi connectivity index (χ0) is 17.2. The van der Waals surface area contributed by atoms with Crippen LogP contribution < -0.4 is 0 Å². The van der Waals surface area contributed by atoms with Crippen molar-refractivity contribution < 1.29 is 57.4 Å². The highest BCUT2D eigenvalue weighted by molar-refractivity contribution is 7.71. The van der Waals surface area contributed by atoms with Crippen molar-refractivity contribution in [2.45, 2.75) is 24.6 Å². The summed E-state index contributed by atoms with van der Waals surface area (Å²) in [6.45, 7) is 1.61. The Morgan fingerprint density at radius 2 is 0.600 bits per heavy atom. The van der Waals surface area contributed by atoms with Crippen molar-refractivity contribution in [3.05, 3.63) is 0 Å². The Labute approximate surface area is 113 Å². The highest BCUT2D eigenvalue weighted by atomic mass is 31.2. The van der Waals surface area contributed by atoms with Crippen molar-refractivity contribution in [1.82, 2.24) is 0 Å². The minimum Gasteiger partial charge on any atom is -0.324 e. The quantitative estimate of drug-likeness (QED) is 0.285. The number of rotatable bonds is 4. The first-order valence-electron chi connectivity index (χ1n) is 4.52. The third-order valence-electron chi connectivity index (χ3n) is 1.95. The van der Waals surface area contributed by atoms with Crippen LogP contribution in [0.5, 0.6) is 0 Å². The smallest absolute Gasteiger partial charge is 0.324 e. The van der Waals surface area contributed by atoms with Gasteiger partial charge in [-0.25, -0.2) is 0 Å². The van der Waals surface area contributed by atoms with Gasteiger partial charge in [0.25, 0.3) is 0 Å². The lowest BCUT2D eigenvalue weighted by Gasteiger charge is -2.13. The van der Waals surface area contributed by atoms with Crippen LogP contribution in [0.15, 0.2) is 0 Å². The van der Waals surface area contributed by atoms with Crippen LogP contribution in [0.3, 0.4) is 0 Å². The maximum absolute atomic E-state index is 10.2. The normalized spacial score (nSPS) is 14.2. The topological polar surface area (TPSA) is 230 Å². The van der Waals surface area contributed by atoms with Gasteiger partial charge < -0.3 is 39.1 Å². The van der Waals surface area contributed by atoms with Gasteiger partial charge in [0.1, 0.15) is 0 Å². The van der Waals surface area contributed by atoms with Crippen LogP contribution in [-0.2, 0) is 18.3 Å². The van der Waals surface area contributed by atoms with E-state index in [0.717, 1.165) is 13.8 Å². The van der Waals surface area contributed by atoms with Crippen LogP contribution in [0.1, 0.15) is 13.8 Å². The highest BCUT2D eigenvalue weighted by Crippen LogP contribution is 2.60. The van der Waals surface area contributed by atoms with Crippen LogP contribution in [0.2, 0.25) is 0 Å². The van der Waals surface area contributed by atoms with Crippen LogP contribution in [-0.4, -0.2) is 49.9 Å². The summed E-state index contributed by atoms with van der Waals surface area (Å²) >= 11 is 0. The van der Waals surface area contributed by atoms with Crippen LogP contribution in [0, 0.1) is 0 Å². The predicted octanol–water partition coefficient (Wildman–Crippen LogP) is -0.624. The lowest BCUT2D eigenvalue weighted by molar-refractivity contribution is 0.338. The summed E-state index contributed by atoms with van der Waals surface area (Å²) in [5.41, 5.74) is 0. The Morgan fingerprint density at radius 3 is 0.600 bits per heavy atom. The van der Waals surface area contributed by atoms with Gasteiger partial charge in [0.15, 0.2) is 10.8 Å². The Kier molecular flexibility index (Phi) is 8.28. The molecule has 0 aliphatic heterocycles. The van der Waals surface area contributed by atoms with E-state index in [1.165, 1.54) is 0 Å². The maximum atomic E-state index is 10.2. The summed E-state index contributed by atoms with van der Waals surface area (Å²) in [6, 6.07) is 0. The molecule has 0 atom stereocenters. The second-order valence-electron chi connectivity index (χ2n) is 3.62. The minimum absolute atomic E-state index is 0.807. The summed E-state index contributed by atoms with van der Waals surface area (Å²) < 4.78 is 40.7. The molecular formula is C4H16O12P4. The molecule has 0 fully saturated rings. The molecule has 0 aromatic rings. The molecule has 0 rings (SSSR count). The van der Waals surface area contributed by atoms with Gasteiger partial charge in [-0.15, -0.1) is 0 Å². The Bertz CT molecular complexity index is 398. The fraction of sp³-hybridized carbons (Fsp3) is 1.00. The molecule has 0 heterocycles. The molecule has 12 nitrogen and oxygen atoms in total. The lowest BCUT2D eigenvalue weighted by Crippen LogP contribution is -2.02. The van der Waals surface area contributed by atoms with Gasteiger partial charge in [0.2, 0.25) is 0 Å². The average molecular weight is 380 g/mol. The fourth-order valence-corrected chi connectivity index (χ4v) is 3.53. The van der Waals surface area contributed by atoms with Gasteiger partial charge in [-0.1, -0.05) is 0 Å². The SMILES string of the molecule is CC(P(=O)(O)O)P(=O)(O)O.CC(P(=O)(O)O)P(=O)(O)O. The number of hydrogen-bond donors (Lipinski definition) is 8. The molecule has 20 heavy (non-hydrogen) atoms. The van der Waals surface area contributed by atoms with Gasteiger partial charge in [-0.05, 0) is 13.8 Å². The van der Waals surface area contributed by atoms with Crippen molar-refractivity contribution in [3.8, 4) is 0 Å². The van der Waals surface area contributed by atoms with E-state index in [4.69, 9.17) is 39.1 Å². The maximum Gasteiger partial charge on any atom is 0.340 e. The molecule has 0 saturated carbocycles. The van der Waals surface area contributed by atoms with E-state index in [-0.39, 0.29) is 0 Å². The van der Waals surface area contributed by atoms with E-state index in [0.29, 0.717) is 0 Å². The van der Waals surface area contributed by atoms with E-state index in [1.54, 1.807) is 0 Å². The van der Waals surface area contributed by atoms with Gasteiger partial charge in [-0.3, -0.25) is 18.3 Å². The summed E-state index contributed by atoms with van der Waals surface area (Å²) in [4.78, 5) is 65.9. The molecule has 0 aromatic heterocycles. The fourth-order valence-electron chi connectivity index (χ4n) is 0.392. The molecule has 0 radical (unpaired) electrons. The van der Waals surface area contributed by atoms with Gasteiger partial charge in [0, 0.05) is 0 Å². The second kappa shape index (κ2) is 7.24. The molecule has 0 bridgehead atoms. The summed E-state index contributed by atoms with van der Waals surface area (Å²) in [5.74, 6) is 0. The Hall–Kier alpha value is 0.600. The molecule has 124 valence electrons. The molecule has 16 heteroatoms. The summed E-state index contributed by atoms with van der Waals surface area (Å²) in [6.07, 6.45) is 0. The molecule has 0 spiro atoms. The zero-order valence-corrected chi connectivity index (χ0v) is 13.7. The van der Waals surface area contributed by atoms with E-state index in [1.807, 2.05) is 0 Å². The molecule has 0 unspecified atom stereocenters. The van der Waals surface area contributed by atoms with Crippen molar-refractivity contribution in [3.63, 3.8) is 0 Å². The van der Waals surface area contributed by atoms with Crippen LogP contribution in [0.4, 0.5) is 0 Å². The average Bonchev–Trinajstić information content (AvgIpc) is 2.10. The Morgan fingerprint density at radius 1 is 0.500 bits per heavy atom. The van der Waals surface area contributed by atoms with Gasteiger partial charge in [0.05, 0.1) is 0 Å². The molecule has 0 saturated heterocycles. The van der Waals surface area contributed by atoms with Gasteiger partial charge >= 0.3 is 30.4 Å². The second-order valence-corrected chi connectivity index (χ2v) is 12.2. The van der Waals surface area contributed by atoms with Crippen LogP contribution in [0.25, 0.3) is 0 Å². The first-order chi connectivity index (χ1) is 8.31. The van der Waals surface area contributed by atoms with Crippen molar-refractivity contribution in [2.75, 3.05) is 0 Å². The van der Waals surface area contributed by atoms with E-state index in [2.05, 4.69) is 0 Å². The summed E-state index contributed by atoms with van der Waals surface area (Å²) in [5, 5.41) is -3.81. The van der Waals surface area contributed by atoms with E-state index >= 15 is 0 Å². The van der Waals surface area contributed by atoms with E-state index < -0.39 is 41.2 Å². The monoisotopic (exact) mass is 380 g/mol. The van der Waals surface area contributed by atoms with Crippen molar-refractivity contribution >= 4 is 30.4 Å². The minimum atomic E-state index is -4.64. The molecule has 0 aliphatic rings. The van der Waals surface area contributed by atoms with Crippen molar-refractivity contribution in [2.24, 2.45) is 0 Å². The molecule has 0 aromatic carbocycles. The largest absolute Gasteiger partial charge is 0.340 e. The lowest BCUT2D eigenvalue weighted by atomic mass is 11.0. The highest BCUT2D eigenvalue weighted by Gasteiger charge is 2.39. The first kappa shape index (κ1) is 22.9. The zero-order valence-electron chi connectivity index (χ0n) is 10.2. The first-order valence-corrected chi connectivity index (χ1v) is 11.2. The van der Waals surface area contributed by atoms with Crippen LogP contribution >= 0.6 is 30.4 Å². The molecule has 0 amide bonds. The third-order valence-corrected chi connectivity index (χ3v) is 9.45. The molecule has 8 N–H and O–H groups in total. The molecule has 0 aliphatic carbocycles. The summed E-state index contributed by atoms with van der Waals surface area (Å²) in [7, 11) is -18.6. The van der Waals surface area contributed by atoms with Gasteiger partial charge in [-0.2, -0.15) is 0 Å². The van der Waals surface area contributed by atoms with E-state index in [9.17, 15) is 18.3 Å². The van der Waals surface area contributed by atoms with Crippen molar-refractivity contribution in [1.29, 1.82) is 0 Å². The standard InChI is InChI=1S/2C2H8O6P2/c2*1-2(9(3,4)5)10(6,7)8/h2*2H,1H3,(H2,3,4,5)(H2,6,7,8). The predicted molar refractivity (Wildman–Crippen MR) is 67.1 cm³/mol. The number of hydrogen-bond acceptors (Lipinski definition) is 4. The molecular weight excluding hydrogens is 364 g/mol.